The molecule has 0 fully saturated rings. The number of pyridine rings is 1. The number of ether oxygens (including phenoxy) is 2. The lowest BCUT2D eigenvalue weighted by Crippen LogP contribution is -2.12. The standard InChI is InChI=1S/C19H22N2O3/c1-3-4-11-22-16-9-6-15(7-10-16)18-12-19(21-24-18)23-17-8-5-14(2)20-13-17/h5-10,12-13,18,21H,3-4,11H2,1-2H3/t18-/m0/s1. The largest absolute Gasteiger partial charge is 0.494 e. The molecule has 5 nitrogen and oxygen atoms in total. The van der Waals surface area contributed by atoms with Crippen molar-refractivity contribution >= 4 is 0 Å². The molecule has 24 heavy (non-hydrogen) atoms. The number of aryl methyl sites for hydroxylation is 1. The van der Waals surface area contributed by atoms with Crippen molar-refractivity contribution in [2.75, 3.05) is 6.61 Å². The van der Waals surface area contributed by atoms with Crippen molar-refractivity contribution in [1.82, 2.24) is 10.5 Å². The maximum Gasteiger partial charge on any atom is 0.216 e. The van der Waals surface area contributed by atoms with Crippen LogP contribution < -0.4 is 15.0 Å². The molecule has 1 aliphatic heterocycles. The molecule has 1 aliphatic rings. The second kappa shape index (κ2) is 7.84. The monoisotopic (exact) mass is 326 g/mol. The van der Waals surface area contributed by atoms with Crippen LogP contribution >= 0.6 is 0 Å². The summed E-state index contributed by atoms with van der Waals surface area (Å²) in [6.45, 7) is 4.83. The third-order valence-corrected chi connectivity index (χ3v) is 3.68. The van der Waals surface area contributed by atoms with Gasteiger partial charge in [0.05, 0.1) is 12.8 Å². The first kappa shape index (κ1) is 16.3. The van der Waals surface area contributed by atoms with E-state index >= 15 is 0 Å². The first-order valence-corrected chi connectivity index (χ1v) is 8.21. The van der Waals surface area contributed by atoms with Crippen LogP contribution in [0.1, 0.15) is 37.1 Å². The highest BCUT2D eigenvalue weighted by Crippen LogP contribution is 2.27. The molecule has 5 heteroatoms. The van der Waals surface area contributed by atoms with E-state index in [0.29, 0.717) is 11.6 Å². The number of hydrogen-bond acceptors (Lipinski definition) is 5. The van der Waals surface area contributed by atoms with Crippen LogP contribution in [0.5, 0.6) is 11.5 Å². The second-order valence-corrected chi connectivity index (χ2v) is 5.68. The molecule has 1 N–H and O–H groups in total. The maximum atomic E-state index is 5.71. The van der Waals surface area contributed by atoms with E-state index in [1.807, 2.05) is 49.4 Å². The van der Waals surface area contributed by atoms with Crippen LogP contribution in [-0.2, 0) is 4.84 Å². The van der Waals surface area contributed by atoms with E-state index in [1.165, 1.54) is 0 Å². The minimum atomic E-state index is -0.192. The minimum absolute atomic E-state index is 0.192. The summed E-state index contributed by atoms with van der Waals surface area (Å²) in [6.07, 6.45) is 5.59. The van der Waals surface area contributed by atoms with Gasteiger partial charge >= 0.3 is 0 Å². The molecule has 0 radical (unpaired) electrons. The van der Waals surface area contributed by atoms with Crippen LogP contribution in [-0.4, -0.2) is 11.6 Å². The first-order chi connectivity index (χ1) is 11.7. The Labute approximate surface area is 142 Å². The summed E-state index contributed by atoms with van der Waals surface area (Å²) in [4.78, 5) is 9.76. The fourth-order valence-electron chi connectivity index (χ4n) is 2.28. The Hall–Kier alpha value is -2.53. The summed E-state index contributed by atoms with van der Waals surface area (Å²) in [5.41, 5.74) is 4.79. The van der Waals surface area contributed by atoms with Gasteiger partial charge in [-0.1, -0.05) is 25.5 Å². The van der Waals surface area contributed by atoms with E-state index in [9.17, 15) is 0 Å². The van der Waals surface area contributed by atoms with Gasteiger partial charge < -0.3 is 9.47 Å². The fraction of sp³-hybridized carbons (Fsp3) is 0.316. The maximum absolute atomic E-state index is 5.71. The number of rotatable bonds is 7. The molecule has 0 saturated heterocycles. The molecule has 0 saturated carbocycles. The number of nitrogens with one attached hydrogen (secondary N) is 1. The molecule has 2 heterocycles. The topological polar surface area (TPSA) is 52.6 Å². The van der Waals surface area contributed by atoms with Gasteiger partial charge in [-0.2, -0.15) is 0 Å². The number of hydroxylamine groups is 1. The summed E-state index contributed by atoms with van der Waals surface area (Å²) >= 11 is 0. The van der Waals surface area contributed by atoms with Gasteiger partial charge in [-0.05, 0) is 43.2 Å². The van der Waals surface area contributed by atoms with Gasteiger partial charge in [0, 0.05) is 11.8 Å². The van der Waals surface area contributed by atoms with Gasteiger partial charge in [0.1, 0.15) is 17.6 Å². The first-order valence-electron chi connectivity index (χ1n) is 8.21. The van der Waals surface area contributed by atoms with E-state index in [1.54, 1.807) is 6.20 Å². The third-order valence-electron chi connectivity index (χ3n) is 3.68. The van der Waals surface area contributed by atoms with E-state index in [4.69, 9.17) is 14.3 Å². The zero-order chi connectivity index (χ0) is 16.8. The predicted octanol–water partition coefficient (Wildman–Crippen LogP) is 4.07. The molecule has 1 aromatic carbocycles. The highest BCUT2D eigenvalue weighted by atomic mass is 16.7. The molecule has 0 unspecified atom stereocenters. The third kappa shape index (κ3) is 4.26. The molecule has 1 atom stereocenters. The molecule has 0 amide bonds. The van der Waals surface area contributed by atoms with Crippen LogP contribution in [0.25, 0.3) is 0 Å². The van der Waals surface area contributed by atoms with Crippen molar-refractivity contribution in [3.05, 3.63) is 65.8 Å². The Morgan fingerprint density at radius 3 is 2.62 bits per heavy atom. The lowest BCUT2D eigenvalue weighted by Gasteiger charge is -2.09. The Bertz CT molecular complexity index is 681. The van der Waals surface area contributed by atoms with Gasteiger partial charge in [0.15, 0.2) is 0 Å². The van der Waals surface area contributed by atoms with Crippen molar-refractivity contribution in [2.45, 2.75) is 32.8 Å². The summed E-state index contributed by atoms with van der Waals surface area (Å²) < 4.78 is 11.4. The van der Waals surface area contributed by atoms with E-state index in [0.717, 1.165) is 36.5 Å². The minimum Gasteiger partial charge on any atom is -0.494 e. The highest BCUT2D eigenvalue weighted by Gasteiger charge is 2.20. The number of benzene rings is 1. The van der Waals surface area contributed by atoms with Gasteiger partial charge in [0.2, 0.25) is 5.88 Å². The van der Waals surface area contributed by atoms with Crippen molar-refractivity contribution in [2.24, 2.45) is 0 Å². The molecule has 2 aromatic rings. The molecule has 0 bridgehead atoms. The molecule has 0 aliphatic carbocycles. The summed E-state index contributed by atoms with van der Waals surface area (Å²) in [7, 11) is 0. The van der Waals surface area contributed by atoms with Crippen molar-refractivity contribution in [3.63, 3.8) is 0 Å². The smallest absolute Gasteiger partial charge is 0.216 e. The van der Waals surface area contributed by atoms with Crippen molar-refractivity contribution in [1.29, 1.82) is 0 Å². The zero-order valence-corrected chi connectivity index (χ0v) is 14.0. The van der Waals surface area contributed by atoms with Crippen LogP contribution in [0, 0.1) is 6.92 Å². The lowest BCUT2D eigenvalue weighted by molar-refractivity contribution is 0.0273. The zero-order valence-electron chi connectivity index (χ0n) is 14.0. The van der Waals surface area contributed by atoms with Gasteiger partial charge in [-0.25, -0.2) is 5.48 Å². The van der Waals surface area contributed by atoms with E-state index in [2.05, 4.69) is 17.4 Å². The summed E-state index contributed by atoms with van der Waals surface area (Å²) in [5, 5.41) is 0. The second-order valence-electron chi connectivity index (χ2n) is 5.68. The molecule has 3 rings (SSSR count). The predicted molar refractivity (Wildman–Crippen MR) is 91.5 cm³/mol. The number of unbranched alkanes of at least 4 members (excludes halogenated alkanes) is 1. The highest BCUT2D eigenvalue weighted by molar-refractivity contribution is 5.31. The average Bonchev–Trinajstić information content (AvgIpc) is 3.06. The number of hydrogen-bond donors (Lipinski definition) is 1. The van der Waals surface area contributed by atoms with E-state index in [-0.39, 0.29) is 6.10 Å². The number of nitrogens with zero attached hydrogens (tertiary/aromatic N) is 1. The quantitative estimate of drug-likeness (QED) is 0.778. The Morgan fingerprint density at radius 1 is 1.12 bits per heavy atom. The molecule has 126 valence electrons. The van der Waals surface area contributed by atoms with Crippen molar-refractivity contribution in [3.8, 4) is 11.5 Å². The molecule has 1 aromatic heterocycles. The van der Waals surface area contributed by atoms with Gasteiger partial charge in [0.25, 0.3) is 0 Å². The lowest BCUT2D eigenvalue weighted by atomic mass is 10.1. The Morgan fingerprint density at radius 2 is 1.92 bits per heavy atom. The van der Waals surface area contributed by atoms with Crippen LogP contribution in [0.15, 0.2) is 54.6 Å². The molecular weight excluding hydrogens is 304 g/mol. The molecular formula is C19H22N2O3. The van der Waals surface area contributed by atoms with Crippen LogP contribution in [0.3, 0.4) is 0 Å². The number of aromatic nitrogens is 1. The Kier molecular flexibility index (Phi) is 5.33. The van der Waals surface area contributed by atoms with E-state index < -0.39 is 0 Å². The van der Waals surface area contributed by atoms with Crippen LogP contribution in [0.2, 0.25) is 0 Å². The Balaban J connectivity index is 1.59. The van der Waals surface area contributed by atoms with Gasteiger partial charge in [-0.15, -0.1) is 0 Å². The average molecular weight is 326 g/mol. The SMILES string of the molecule is CCCCOc1ccc([C@@H]2C=C(Oc3ccc(C)nc3)NO2)cc1. The van der Waals surface area contributed by atoms with Crippen molar-refractivity contribution < 1.29 is 14.3 Å². The molecule has 0 spiro atoms. The summed E-state index contributed by atoms with van der Waals surface area (Å²) in [5.74, 6) is 2.11. The van der Waals surface area contributed by atoms with Crippen LogP contribution in [0.4, 0.5) is 0 Å². The summed E-state index contributed by atoms with van der Waals surface area (Å²) in [6, 6.07) is 11.7. The normalized spacial score (nSPS) is 16.4. The fourth-order valence-corrected chi connectivity index (χ4v) is 2.28. The van der Waals surface area contributed by atoms with Gasteiger partial charge in [-0.3, -0.25) is 9.82 Å².